The van der Waals surface area contributed by atoms with E-state index < -0.39 is 0 Å². The van der Waals surface area contributed by atoms with Gasteiger partial charge in [-0.15, -0.1) is 11.3 Å². The van der Waals surface area contributed by atoms with Gasteiger partial charge in [-0.3, -0.25) is 0 Å². The number of thiazole rings is 1. The Bertz CT molecular complexity index is 795. The van der Waals surface area contributed by atoms with Crippen molar-refractivity contribution in [3.05, 3.63) is 47.4 Å². The molecule has 118 valence electrons. The Balaban J connectivity index is 1.52. The number of para-hydroxylation sites is 1. The fourth-order valence-corrected chi connectivity index (χ4v) is 3.92. The third-order valence-electron chi connectivity index (χ3n) is 4.31. The van der Waals surface area contributed by atoms with Crippen LogP contribution in [0.3, 0.4) is 0 Å². The molecule has 1 aliphatic carbocycles. The van der Waals surface area contributed by atoms with Crippen molar-refractivity contribution >= 4 is 27.4 Å². The summed E-state index contributed by atoms with van der Waals surface area (Å²) in [4.78, 5) is 15.5. The maximum Gasteiger partial charge on any atom is 0.132 e. The zero-order valence-corrected chi connectivity index (χ0v) is 13.7. The van der Waals surface area contributed by atoms with Gasteiger partial charge in [0, 0.05) is 24.7 Å². The van der Waals surface area contributed by atoms with E-state index in [-0.39, 0.29) is 6.10 Å². The van der Waals surface area contributed by atoms with E-state index in [1.165, 1.54) is 4.70 Å². The summed E-state index contributed by atoms with van der Waals surface area (Å²) in [6, 6.07) is 10.2. The molecular weight excluding hydrogens is 308 g/mol. The topological polar surface area (TPSA) is 62.1 Å². The molecule has 23 heavy (non-hydrogen) atoms. The summed E-state index contributed by atoms with van der Waals surface area (Å²) in [5, 5.41) is 10.5. The molecule has 1 fully saturated rings. The van der Waals surface area contributed by atoms with Crippen LogP contribution in [0.1, 0.15) is 29.5 Å². The van der Waals surface area contributed by atoms with Gasteiger partial charge in [0.1, 0.15) is 17.2 Å². The quantitative estimate of drug-likeness (QED) is 0.798. The lowest BCUT2D eigenvalue weighted by Gasteiger charge is -2.31. The molecule has 0 unspecified atom stereocenters. The highest BCUT2D eigenvalue weighted by Crippen LogP contribution is 2.36. The number of aliphatic hydroxyl groups excluding tert-OH is 1. The van der Waals surface area contributed by atoms with Gasteiger partial charge in [-0.05, 0) is 25.0 Å². The minimum atomic E-state index is -0.168. The minimum Gasteiger partial charge on any atom is -0.393 e. The molecule has 0 saturated heterocycles. The van der Waals surface area contributed by atoms with Crippen molar-refractivity contribution in [1.29, 1.82) is 0 Å². The fraction of sp³-hybridized carbons (Fsp3) is 0.353. The van der Waals surface area contributed by atoms with Crippen molar-refractivity contribution in [2.45, 2.75) is 31.4 Å². The highest BCUT2D eigenvalue weighted by Gasteiger charge is 2.30. The molecule has 0 bridgehead atoms. The first-order chi connectivity index (χ1) is 11.2. The van der Waals surface area contributed by atoms with Gasteiger partial charge >= 0.3 is 0 Å². The molecule has 6 heteroatoms. The van der Waals surface area contributed by atoms with Crippen LogP contribution in [-0.2, 0) is 6.54 Å². The molecule has 0 amide bonds. The van der Waals surface area contributed by atoms with Gasteiger partial charge in [-0.1, -0.05) is 12.1 Å². The highest BCUT2D eigenvalue weighted by atomic mass is 32.1. The van der Waals surface area contributed by atoms with Crippen molar-refractivity contribution in [2.75, 3.05) is 11.9 Å². The predicted molar refractivity (Wildman–Crippen MR) is 91.7 cm³/mol. The van der Waals surface area contributed by atoms with Crippen LogP contribution >= 0.6 is 11.3 Å². The molecule has 3 aromatic rings. The maximum atomic E-state index is 9.46. The van der Waals surface area contributed by atoms with Crippen LogP contribution in [0.25, 0.3) is 10.2 Å². The Kier molecular flexibility index (Phi) is 3.71. The molecule has 1 N–H and O–H groups in total. The Labute approximate surface area is 138 Å². The molecule has 0 spiro atoms. The molecule has 0 radical (unpaired) electrons. The SMILES string of the molecule is CN(Cc1nc2ccccc2s1)c1cc(C2CC(O)C2)ncn1. The highest BCUT2D eigenvalue weighted by molar-refractivity contribution is 7.18. The van der Waals surface area contributed by atoms with E-state index in [4.69, 9.17) is 0 Å². The monoisotopic (exact) mass is 326 g/mol. The van der Waals surface area contributed by atoms with E-state index in [2.05, 4.69) is 25.9 Å². The molecule has 1 aliphatic rings. The molecule has 0 aliphatic heterocycles. The second-order valence-corrected chi connectivity index (χ2v) is 7.17. The number of anilines is 1. The molecule has 4 rings (SSSR count). The van der Waals surface area contributed by atoms with Crippen LogP contribution in [0.4, 0.5) is 5.82 Å². The summed E-state index contributed by atoms with van der Waals surface area (Å²) < 4.78 is 1.21. The lowest BCUT2D eigenvalue weighted by atomic mass is 9.80. The molecule has 2 aromatic heterocycles. The minimum absolute atomic E-state index is 0.168. The summed E-state index contributed by atoms with van der Waals surface area (Å²) in [6.07, 6.45) is 3.05. The van der Waals surface area contributed by atoms with E-state index in [1.54, 1.807) is 17.7 Å². The molecule has 1 saturated carbocycles. The van der Waals surface area contributed by atoms with Gasteiger partial charge in [0.25, 0.3) is 0 Å². The molecule has 0 atom stereocenters. The van der Waals surface area contributed by atoms with Crippen molar-refractivity contribution in [3.63, 3.8) is 0 Å². The van der Waals surface area contributed by atoms with Crippen molar-refractivity contribution in [3.8, 4) is 0 Å². The van der Waals surface area contributed by atoms with Crippen molar-refractivity contribution in [1.82, 2.24) is 15.0 Å². The summed E-state index contributed by atoms with van der Waals surface area (Å²) in [5.74, 6) is 1.26. The van der Waals surface area contributed by atoms with Crippen LogP contribution in [0.15, 0.2) is 36.7 Å². The largest absolute Gasteiger partial charge is 0.393 e. The number of hydrogen-bond donors (Lipinski definition) is 1. The zero-order chi connectivity index (χ0) is 15.8. The summed E-state index contributed by atoms with van der Waals surface area (Å²) >= 11 is 1.72. The fourth-order valence-electron chi connectivity index (χ4n) is 2.89. The Morgan fingerprint density at radius 3 is 2.87 bits per heavy atom. The second kappa shape index (κ2) is 5.86. The smallest absolute Gasteiger partial charge is 0.132 e. The van der Waals surface area contributed by atoms with E-state index >= 15 is 0 Å². The lowest BCUT2D eigenvalue weighted by molar-refractivity contribution is 0.0732. The third kappa shape index (κ3) is 2.92. The average molecular weight is 326 g/mol. The zero-order valence-electron chi connectivity index (χ0n) is 12.9. The Hall–Kier alpha value is -2.05. The Morgan fingerprint density at radius 2 is 2.09 bits per heavy atom. The number of fused-ring (bicyclic) bond motifs is 1. The predicted octanol–water partition coefficient (Wildman–Crippen LogP) is 2.96. The van der Waals surface area contributed by atoms with Crippen LogP contribution in [0.2, 0.25) is 0 Å². The summed E-state index contributed by atoms with van der Waals surface area (Å²) in [5.41, 5.74) is 2.07. The molecular formula is C17H18N4OS. The molecule has 5 nitrogen and oxygen atoms in total. The first-order valence-electron chi connectivity index (χ1n) is 7.74. The Morgan fingerprint density at radius 1 is 1.26 bits per heavy atom. The van der Waals surface area contributed by atoms with Gasteiger partial charge in [-0.25, -0.2) is 15.0 Å². The lowest BCUT2D eigenvalue weighted by Crippen LogP contribution is -2.27. The third-order valence-corrected chi connectivity index (χ3v) is 5.33. The van der Waals surface area contributed by atoms with Crippen molar-refractivity contribution in [2.24, 2.45) is 0 Å². The number of hydrogen-bond acceptors (Lipinski definition) is 6. The first kappa shape index (κ1) is 14.5. The van der Waals surface area contributed by atoms with Crippen LogP contribution < -0.4 is 4.90 Å². The van der Waals surface area contributed by atoms with E-state index in [0.717, 1.165) is 41.4 Å². The summed E-state index contributed by atoms with van der Waals surface area (Å²) in [6.45, 7) is 0.725. The van der Waals surface area contributed by atoms with Gasteiger partial charge in [-0.2, -0.15) is 0 Å². The van der Waals surface area contributed by atoms with Crippen LogP contribution in [-0.4, -0.2) is 33.2 Å². The number of benzene rings is 1. The standard InChI is InChI=1S/C17H18N4OS/c1-21(9-17-20-13-4-2-3-5-15(13)23-17)16-8-14(18-10-19-16)11-6-12(22)7-11/h2-5,8,10-12,22H,6-7,9H2,1H3. The normalized spacial score (nSPS) is 20.4. The number of aromatic nitrogens is 3. The molecule has 2 heterocycles. The number of nitrogens with zero attached hydrogens (tertiary/aromatic N) is 4. The number of aliphatic hydroxyl groups is 1. The van der Waals surface area contributed by atoms with E-state index in [9.17, 15) is 5.11 Å². The maximum absolute atomic E-state index is 9.46. The van der Waals surface area contributed by atoms with E-state index in [0.29, 0.717) is 5.92 Å². The summed E-state index contributed by atoms with van der Waals surface area (Å²) in [7, 11) is 2.02. The van der Waals surface area contributed by atoms with Gasteiger partial charge in [0.2, 0.25) is 0 Å². The molecule has 1 aromatic carbocycles. The van der Waals surface area contributed by atoms with Gasteiger partial charge in [0.15, 0.2) is 0 Å². The van der Waals surface area contributed by atoms with E-state index in [1.807, 2.05) is 31.3 Å². The van der Waals surface area contributed by atoms with Gasteiger partial charge < -0.3 is 10.0 Å². The van der Waals surface area contributed by atoms with Crippen LogP contribution in [0.5, 0.6) is 0 Å². The van der Waals surface area contributed by atoms with Crippen molar-refractivity contribution < 1.29 is 5.11 Å². The van der Waals surface area contributed by atoms with Gasteiger partial charge in [0.05, 0.1) is 22.9 Å². The van der Waals surface area contributed by atoms with Crippen LogP contribution in [0, 0.1) is 0 Å². The second-order valence-electron chi connectivity index (χ2n) is 6.05. The first-order valence-corrected chi connectivity index (χ1v) is 8.56. The number of rotatable bonds is 4. The average Bonchev–Trinajstić information content (AvgIpc) is 2.94.